The smallest absolute Gasteiger partial charge is 0.306 e. The summed E-state index contributed by atoms with van der Waals surface area (Å²) in [4.78, 5) is 27.0. The van der Waals surface area contributed by atoms with Crippen LogP contribution in [0, 0.1) is 0 Å². The number of aliphatic hydroxyl groups is 1. The molecule has 0 radical (unpaired) electrons. The van der Waals surface area contributed by atoms with E-state index in [0.717, 1.165) is 77.3 Å². The molecular formula is C40H79NO5. The molecule has 0 aromatic rings. The van der Waals surface area contributed by atoms with Gasteiger partial charge in [0.2, 0.25) is 0 Å². The Kier molecular flexibility index (Phi) is 35.8. The maximum absolute atomic E-state index is 12.7. The SMILES string of the molecule is CCCCCCCCCOC(=O)CCCCCN(CCO)CCCCCC(=O)OC(CCCCCCCC)CCCCCCCC. The molecule has 0 rings (SSSR count). The van der Waals surface area contributed by atoms with Crippen molar-refractivity contribution in [1.29, 1.82) is 0 Å². The highest BCUT2D eigenvalue weighted by Gasteiger charge is 2.14. The zero-order valence-corrected chi connectivity index (χ0v) is 31.1. The molecule has 0 aliphatic carbocycles. The number of hydrogen-bond donors (Lipinski definition) is 1. The molecule has 0 heterocycles. The summed E-state index contributed by atoms with van der Waals surface area (Å²) < 4.78 is 11.4. The molecule has 6 heteroatoms. The molecule has 0 amide bonds. The molecule has 46 heavy (non-hydrogen) atoms. The fourth-order valence-electron chi connectivity index (χ4n) is 6.17. The van der Waals surface area contributed by atoms with Crippen molar-refractivity contribution < 1.29 is 24.2 Å². The fourth-order valence-corrected chi connectivity index (χ4v) is 6.17. The number of rotatable bonds is 37. The predicted molar refractivity (Wildman–Crippen MR) is 195 cm³/mol. The second-order valence-corrected chi connectivity index (χ2v) is 13.8. The summed E-state index contributed by atoms with van der Waals surface area (Å²) in [6.07, 6.45) is 32.8. The van der Waals surface area contributed by atoms with Crippen LogP contribution in [0.4, 0.5) is 0 Å². The Balaban J connectivity index is 4.07. The minimum Gasteiger partial charge on any atom is -0.466 e. The van der Waals surface area contributed by atoms with Crippen molar-refractivity contribution in [2.45, 2.75) is 213 Å². The topological polar surface area (TPSA) is 76.1 Å². The summed E-state index contributed by atoms with van der Waals surface area (Å²) in [5.74, 6) is -0.0806. The number of hydrogen-bond acceptors (Lipinski definition) is 6. The molecule has 0 spiro atoms. The van der Waals surface area contributed by atoms with E-state index in [1.807, 2.05) is 0 Å². The number of aliphatic hydroxyl groups excluding tert-OH is 1. The monoisotopic (exact) mass is 654 g/mol. The van der Waals surface area contributed by atoms with E-state index in [1.54, 1.807) is 0 Å². The van der Waals surface area contributed by atoms with Crippen LogP contribution >= 0.6 is 0 Å². The van der Waals surface area contributed by atoms with E-state index in [0.29, 0.717) is 26.0 Å². The minimum absolute atomic E-state index is 0.0184. The number of esters is 2. The lowest BCUT2D eigenvalue weighted by Gasteiger charge is -2.21. The first-order chi connectivity index (χ1) is 22.6. The summed E-state index contributed by atoms with van der Waals surface area (Å²) in [5.41, 5.74) is 0. The Hall–Kier alpha value is -1.14. The molecule has 6 nitrogen and oxygen atoms in total. The first-order valence-electron chi connectivity index (χ1n) is 20.3. The standard InChI is InChI=1S/C40H79NO5/c1-4-7-10-13-16-19-28-37-45-39(43)31-24-20-26-33-41(35-36-42)34-27-21-25-32-40(44)46-38(29-22-17-14-11-8-5-2)30-23-18-15-12-9-6-3/h38,42H,4-37H2,1-3H3. The van der Waals surface area contributed by atoms with Crippen molar-refractivity contribution in [2.24, 2.45) is 0 Å². The van der Waals surface area contributed by atoms with Gasteiger partial charge in [-0.05, 0) is 70.9 Å². The van der Waals surface area contributed by atoms with Gasteiger partial charge >= 0.3 is 11.9 Å². The third-order valence-electron chi connectivity index (χ3n) is 9.20. The van der Waals surface area contributed by atoms with Crippen molar-refractivity contribution >= 4 is 11.9 Å². The summed E-state index contributed by atoms with van der Waals surface area (Å²) in [5, 5.41) is 9.51. The van der Waals surface area contributed by atoms with Crippen LogP contribution in [0.3, 0.4) is 0 Å². The lowest BCUT2D eigenvalue weighted by Crippen LogP contribution is -2.29. The van der Waals surface area contributed by atoms with Crippen LogP contribution in [0.25, 0.3) is 0 Å². The van der Waals surface area contributed by atoms with Crippen LogP contribution in [-0.4, -0.2) is 60.9 Å². The van der Waals surface area contributed by atoms with Gasteiger partial charge in [0.1, 0.15) is 6.10 Å². The van der Waals surface area contributed by atoms with Gasteiger partial charge in [-0.2, -0.15) is 0 Å². The largest absolute Gasteiger partial charge is 0.466 e. The molecule has 0 aliphatic heterocycles. The number of nitrogens with zero attached hydrogens (tertiary/aromatic N) is 1. The highest BCUT2D eigenvalue weighted by atomic mass is 16.5. The zero-order valence-electron chi connectivity index (χ0n) is 31.1. The molecule has 0 saturated heterocycles. The van der Waals surface area contributed by atoms with Gasteiger partial charge in [-0.25, -0.2) is 0 Å². The maximum atomic E-state index is 12.7. The van der Waals surface area contributed by atoms with Crippen molar-refractivity contribution in [1.82, 2.24) is 4.90 Å². The second kappa shape index (κ2) is 36.7. The fraction of sp³-hybridized carbons (Fsp3) is 0.950. The summed E-state index contributed by atoms with van der Waals surface area (Å²) in [6, 6.07) is 0. The minimum atomic E-state index is -0.0622. The van der Waals surface area contributed by atoms with Gasteiger partial charge in [0.15, 0.2) is 0 Å². The van der Waals surface area contributed by atoms with Gasteiger partial charge < -0.3 is 19.5 Å². The van der Waals surface area contributed by atoms with Gasteiger partial charge in [0, 0.05) is 19.4 Å². The van der Waals surface area contributed by atoms with Gasteiger partial charge in [-0.15, -0.1) is 0 Å². The lowest BCUT2D eigenvalue weighted by atomic mass is 10.0. The molecule has 0 aromatic carbocycles. The number of unbranched alkanes of at least 4 members (excludes halogenated alkanes) is 20. The summed E-state index contributed by atoms with van der Waals surface area (Å²) in [6.45, 7) is 10.0. The molecule has 0 unspecified atom stereocenters. The molecule has 274 valence electrons. The first-order valence-corrected chi connectivity index (χ1v) is 20.3. The first kappa shape index (κ1) is 44.9. The van der Waals surface area contributed by atoms with Crippen LogP contribution in [0.2, 0.25) is 0 Å². The third kappa shape index (κ3) is 32.8. The van der Waals surface area contributed by atoms with Crippen molar-refractivity contribution in [3.8, 4) is 0 Å². The van der Waals surface area contributed by atoms with Crippen LogP contribution in [0.15, 0.2) is 0 Å². The highest BCUT2D eigenvalue weighted by molar-refractivity contribution is 5.69. The van der Waals surface area contributed by atoms with Crippen molar-refractivity contribution in [3.63, 3.8) is 0 Å². The van der Waals surface area contributed by atoms with Gasteiger partial charge in [0.05, 0.1) is 13.2 Å². The van der Waals surface area contributed by atoms with Gasteiger partial charge in [0.25, 0.3) is 0 Å². The van der Waals surface area contributed by atoms with Crippen LogP contribution in [0.1, 0.15) is 207 Å². The van der Waals surface area contributed by atoms with E-state index in [4.69, 9.17) is 9.47 Å². The Morgan fingerprint density at radius 3 is 1.39 bits per heavy atom. The van der Waals surface area contributed by atoms with E-state index in [9.17, 15) is 14.7 Å². The molecule has 0 aromatic heterocycles. The average Bonchev–Trinajstić information content (AvgIpc) is 3.04. The Morgan fingerprint density at radius 1 is 0.500 bits per heavy atom. The van der Waals surface area contributed by atoms with Crippen LogP contribution in [0.5, 0.6) is 0 Å². The second-order valence-electron chi connectivity index (χ2n) is 13.8. The molecule has 0 fully saturated rings. The van der Waals surface area contributed by atoms with E-state index in [-0.39, 0.29) is 24.6 Å². The Labute approximate surface area is 286 Å². The lowest BCUT2D eigenvalue weighted by molar-refractivity contribution is -0.150. The Morgan fingerprint density at radius 2 is 0.913 bits per heavy atom. The van der Waals surface area contributed by atoms with E-state index < -0.39 is 0 Å². The predicted octanol–water partition coefficient (Wildman–Crippen LogP) is 11.1. The molecule has 1 N–H and O–H groups in total. The Bertz CT molecular complexity index is 627. The van der Waals surface area contributed by atoms with Crippen LogP contribution in [-0.2, 0) is 19.1 Å². The number of carbonyl (C=O) groups is 2. The summed E-state index contributed by atoms with van der Waals surface area (Å²) in [7, 11) is 0. The third-order valence-corrected chi connectivity index (χ3v) is 9.20. The van der Waals surface area contributed by atoms with Gasteiger partial charge in [-0.1, -0.05) is 136 Å². The van der Waals surface area contributed by atoms with E-state index in [1.165, 1.54) is 109 Å². The highest BCUT2D eigenvalue weighted by Crippen LogP contribution is 2.18. The molecular weight excluding hydrogens is 574 g/mol. The maximum Gasteiger partial charge on any atom is 0.306 e. The molecule has 0 bridgehead atoms. The molecule has 0 saturated carbocycles. The number of ether oxygens (including phenoxy) is 2. The summed E-state index contributed by atoms with van der Waals surface area (Å²) >= 11 is 0. The molecule has 0 atom stereocenters. The van der Waals surface area contributed by atoms with Gasteiger partial charge in [-0.3, -0.25) is 9.59 Å². The molecule has 0 aliphatic rings. The van der Waals surface area contributed by atoms with Crippen LogP contribution < -0.4 is 0 Å². The zero-order chi connectivity index (χ0) is 33.8. The van der Waals surface area contributed by atoms with E-state index >= 15 is 0 Å². The van der Waals surface area contributed by atoms with Crippen molar-refractivity contribution in [2.75, 3.05) is 32.8 Å². The van der Waals surface area contributed by atoms with Crippen molar-refractivity contribution in [3.05, 3.63) is 0 Å². The van der Waals surface area contributed by atoms with E-state index in [2.05, 4.69) is 25.7 Å². The average molecular weight is 654 g/mol. The quantitative estimate of drug-likeness (QED) is 0.0531. The normalized spacial score (nSPS) is 11.5. The number of carbonyl (C=O) groups excluding carboxylic acids is 2.